The van der Waals surface area contributed by atoms with Gasteiger partial charge >= 0.3 is 0 Å². The number of amides is 1. The summed E-state index contributed by atoms with van der Waals surface area (Å²) in [5.41, 5.74) is 1.57. The molecule has 0 saturated heterocycles. The van der Waals surface area contributed by atoms with Crippen molar-refractivity contribution >= 4 is 40.1 Å². The third-order valence-electron chi connectivity index (χ3n) is 3.22. The number of benzene rings is 1. The van der Waals surface area contributed by atoms with E-state index < -0.39 is 6.04 Å². The van der Waals surface area contributed by atoms with Crippen molar-refractivity contribution in [1.29, 1.82) is 0 Å². The first-order valence-corrected chi connectivity index (χ1v) is 7.48. The summed E-state index contributed by atoms with van der Waals surface area (Å²) < 4.78 is 6.76. The Hall–Kier alpha value is -1.30. The van der Waals surface area contributed by atoms with E-state index in [9.17, 15) is 4.79 Å². The topological polar surface area (TPSA) is 56.1 Å². The molecular weight excluding hydrogens is 313 g/mol. The summed E-state index contributed by atoms with van der Waals surface area (Å²) in [4.78, 5) is 16.6. The van der Waals surface area contributed by atoms with Crippen LogP contribution in [0.15, 0.2) is 18.2 Å². The van der Waals surface area contributed by atoms with Crippen LogP contribution in [0.4, 0.5) is 0 Å². The molecule has 2 rings (SSSR count). The van der Waals surface area contributed by atoms with Crippen molar-refractivity contribution in [2.45, 2.75) is 18.8 Å². The summed E-state index contributed by atoms with van der Waals surface area (Å²) in [6, 6.07) is 4.97. The number of carbonyl (C=O) groups is 1. The Morgan fingerprint density at radius 1 is 1.52 bits per heavy atom. The van der Waals surface area contributed by atoms with Crippen molar-refractivity contribution in [2.24, 2.45) is 0 Å². The highest BCUT2D eigenvalue weighted by atomic mass is 35.5. The molecule has 0 aliphatic rings. The molecule has 1 aromatic carbocycles. The van der Waals surface area contributed by atoms with Gasteiger partial charge in [-0.3, -0.25) is 4.79 Å². The Bertz CT molecular complexity index is 642. The van der Waals surface area contributed by atoms with Gasteiger partial charge in [-0.15, -0.1) is 11.6 Å². The summed E-state index contributed by atoms with van der Waals surface area (Å²) in [5.74, 6) is 0.762. The molecule has 0 bridgehead atoms. The zero-order chi connectivity index (χ0) is 15.4. The largest absolute Gasteiger partial charge is 0.383 e. The van der Waals surface area contributed by atoms with E-state index in [1.54, 1.807) is 19.2 Å². The number of rotatable bonds is 6. The zero-order valence-electron chi connectivity index (χ0n) is 11.9. The van der Waals surface area contributed by atoms with Crippen LogP contribution in [0.25, 0.3) is 11.0 Å². The molecule has 21 heavy (non-hydrogen) atoms. The highest BCUT2D eigenvalue weighted by molar-refractivity contribution is 6.31. The molecular formula is C14H17Cl2N3O2. The first kappa shape index (κ1) is 16.1. The maximum atomic E-state index is 12.2. The van der Waals surface area contributed by atoms with E-state index in [2.05, 4.69) is 10.3 Å². The second-order valence-electron chi connectivity index (χ2n) is 4.62. The molecule has 114 valence electrons. The lowest BCUT2D eigenvalue weighted by Crippen LogP contribution is -2.33. The molecule has 0 aliphatic carbocycles. The van der Waals surface area contributed by atoms with E-state index in [-0.39, 0.29) is 11.8 Å². The Morgan fingerprint density at radius 2 is 2.29 bits per heavy atom. The van der Waals surface area contributed by atoms with Gasteiger partial charge in [0.25, 0.3) is 0 Å². The Balaban J connectivity index is 2.33. The van der Waals surface area contributed by atoms with Crippen LogP contribution >= 0.6 is 23.2 Å². The maximum absolute atomic E-state index is 12.2. The van der Waals surface area contributed by atoms with Crippen molar-refractivity contribution in [3.63, 3.8) is 0 Å². The third-order valence-corrected chi connectivity index (χ3v) is 3.69. The van der Waals surface area contributed by atoms with E-state index in [0.717, 1.165) is 11.0 Å². The number of nitrogens with one attached hydrogen (secondary N) is 1. The van der Waals surface area contributed by atoms with Gasteiger partial charge in [0.2, 0.25) is 5.91 Å². The van der Waals surface area contributed by atoms with Gasteiger partial charge in [-0.1, -0.05) is 11.6 Å². The molecule has 7 heteroatoms. The number of carbonyl (C=O) groups excluding carboxylic acids is 1. The van der Waals surface area contributed by atoms with E-state index in [0.29, 0.717) is 24.0 Å². The SMILES string of the molecule is COCCNC(=O)C(C)n1c(CCl)nc2cc(Cl)ccc21. The Labute approximate surface area is 133 Å². The van der Waals surface area contributed by atoms with E-state index in [1.807, 2.05) is 17.6 Å². The van der Waals surface area contributed by atoms with E-state index in [1.165, 1.54) is 0 Å². The molecule has 1 amide bonds. The van der Waals surface area contributed by atoms with Crippen LogP contribution in [0.3, 0.4) is 0 Å². The van der Waals surface area contributed by atoms with Crippen LogP contribution in [-0.4, -0.2) is 35.7 Å². The lowest BCUT2D eigenvalue weighted by Gasteiger charge is -2.16. The minimum atomic E-state index is -0.415. The molecule has 1 aromatic heterocycles. The summed E-state index contributed by atoms with van der Waals surface area (Å²) >= 11 is 11.9. The highest BCUT2D eigenvalue weighted by Crippen LogP contribution is 2.25. The number of aromatic nitrogens is 2. The van der Waals surface area contributed by atoms with E-state index >= 15 is 0 Å². The first-order valence-electron chi connectivity index (χ1n) is 6.57. The van der Waals surface area contributed by atoms with Crippen LogP contribution in [0.5, 0.6) is 0 Å². The second kappa shape index (κ2) is 7.11. The number of nitrogens with zero attached hydrogens (tertiary/aromatic N) is 2. The number of methoxy groups -OCH3 is 1. The minimum Gasteiger partial charge on any atom is -0.383 e. The Kier molecular flexibility index (Phi) is 5.45. The predicted octanol–water partition coefficient (Wildman–Crippen LogP) is 2.75. The summed E-state index contributed by atoms with van der Waals surface area (Å²) in [6.45, 7) is 2.75. The molecule has 0 radical (unpaired) electrons. The monoisotopic (exact) mass is 329 g/mol. The number of halogens is 2. The number of imidazole rings is 1. The Morgan fingerprint density at radius 3 is 2.95 bits per heavy atom. The van der Waals surface area contributed by atoms with Crippen molar-refractivity contribution in [1.82, 2.24) is 14.9 Å². The number of alkyl halides is 1. The van der Waals surface area contributed by atoms with Gasteiger partial charge in [0.15, 0.2) is 0 Å². The molecule has 1 unspecified atom stereocenters. The van der Waals surface area contributed by atoms with Gasteiger partial charge in [0.05, 0.1) is 23.5 Å². The predicted molar refractivity (Wildman–Crippen MR) is 83.9 cm³/mol. The zero-order valence-corrected chi connectivity index (χ0v) is 13.4. The van der Waals surface area contributed by atoms with E-state index in [4.69, 9.17) is 27.9 Å². The average Bonchev–Trinajstić information content (AvgIpc) is 2.83. The van der Waals surface area contributed by atoms with Crippen LogP contribution in [0, 0.1) is 0 Å². The number of hydrogen-bond donors (Lipinski definition) is 1. The molecule has 1 atom stereocenters. The number of fused-ring (bicyclic) bond motifs is 1. The lowest BCUT2D eigenvalue weighted by molar-refractivity contribution is -0.124. The quantitative estimate of drug-likeness (QED) is 0.654. The molecule has 0 spiro atoms. The molecule has 1 heterocycles. The van der Waals surface area contributed by atoms with Crippen LogP contribution in [-0.2, 0) is 15.4 Å². The summed E-state index contributed by atoms with van der Waals surface area (Å²) in [6.07, 6.45) is 0. The third kappa shape index (κ3) is 3.48. The van der Waals surface area contributed by atoms with Gasteiger partial charge in [0.1, 0.15) is 11.9 Å². The fourth-order valence-electron chi connectivity index (χ4n) is 2.19. The van der Waals surface area contributed by atoms with Crippen molar-refractivity contribution in [2.75, 3.05) is 20.3 Å². The molecule has 2 aromatic rings. The second-order valence-corrected chi connectivity index (χ2v) is 5.33. The molecule has 0 saturated carbocycles. The van der Waals surface area contributed by atoms with Gasteiger partial charge in [0, 0.05) is 18.7 Å². The smallest absolute Gasteiger partial charge is 0.242 e. The molecule has 1 N–H and O–H groups in total. The number of ether oxygens (including phenoxy) is 1. The van der Waals surface area contributed by atoms with Gasteiger partial charge < -0.3 is 14.6 Å². The summed E-state index contributed by atoms with van der Waals surface area (Å²) in [7, 11) is 1.59. The van der Waals surface area contributed by atoms with Crippen molar-refractivity contribution < 1.29 is 9.53 Å². The van der Waals surface area contributed by atoms with Crippen LogP contribution in [0.1, 0.15) is 18.8 Å². The minimum absolute atomic E-state index is 0.104. The normalized spacial score (nSPS) is 12.6. The summed E-state index contributed by atoms with van der Waals surface area (Å²) in [5, 5.41) is 3.42. The van der Waals surface area contributed by atoms with Crippen molar-refractivity contribution in [3.8, 4) is 0 Å². The molecule has 5 nitrogen and oxygen atoms in total. The molecule has 0 aliphatic heterocycles. The fourth-order valence-corrected chi connectivity index (χ4v) is 2.54. The molecule has 0 fully saturated rings. The average molecular weight is 330 g/mol. The standard InChI is InChI=1S/C14H17Cl2N3O2/c1-9(14(20)17-5-6-21-2)19-12-4-3-10(16)7-11(12)18-13(19)8-15/h3-4,7,9H,5-6,8H2,1-2H3,(H,17,20). The van der Waals surface area contributed by atoms with Gasteiger partial charge in [-0.25, -0.2) is 4.98 Å². The van der Waals surface area contributed by atoms with Gasteiger partial charge in [-0.05, 0) is 25.1 Å². The van der Waals surface area contributed by atoms with Crippen molar-refractivity contribution in [3.05, 3.63) is 29.0 Å². The lowest BCUT2D eigenvalue weighted by atomic mass is 10.2. The van der Waals surface area contributed by atoms with Crippen LogP contribution in [0.2, 0.25) is 5.02 Å². The fraction of sp³-hybridized carbons (Fsp3) is 0.429. The van der Waals surface area contributed by atoms with Gasteiger partial charge in [-0.2, -0.15) is 0 Å². The highest BCUT2D eigenvalue weighted by Gasteiger charge is 2.21. The maximum Gasteiger partial charge on any atom is 0.242 e. The first-order chi connectivity index (χ1) is 10.1. The number of hydrogen-bond acceptors (Lipinski definition) is 3. The van der Waals surface area contributed by atoms with Crippen LogP contribution < -0.4 is 5.32 Å².